The number of nitrogens with one attached hydrogen (secondary N) is 2. The number of sulfonamides is 1. The molecule has 0 aliphatic heterocycles. The van der Waals surface area contributed by atoms with E-state index in [9.17, 15) is 8.42 Å². The lowest BCUT2D eigenvalue weighted by Gasteiger charge is -2.12. The number of hydrogen-bond acceptors (Lipinski definition) is 6. The van der Waals surface area contributed by atoms with E-state index in [1.807, 2.05) is 31.2 Å². The molecule has 3 rings (SSSR count). The molecular weight excluding hydrogens is 378 g/mol. The normalized spacial score (nSPS) is 10.9. The summed E-state index contributed by atoms with van der Waals surface area (Å²) in [5.41, 5.74) is 1.14. The van der Waals surface area contributed by atoms with E-state index in [1.165, 1.54) is 25.4 Å². The first-order valence-electron chi connectivity index (χ1n) is 8.63. The zero-order valence-corrected chi connectivity index (χ0v) is 16.4. The van der Waals surface area contributed by atoms with Gasteiger partial charge in [0.15, 0.2) is 0 Å². The lowest BCUT2D eigenvalue weighted by Crippen LogP contribution is -2.13. The lowest BCUT2D eigenvalue weighted by atomic mass is 10.3. The largest absolute Gasteiger partial charge is 0.497 e. The van der Waals surface area contributed by atoms with Crippen LogP contribution >= 0.6 is 0 Å². The van der Waals surface area contributed by atoms with Crippen LogP contribution in [0, 0.1) is 0 Å². The molecule has 3 aromatic rings. The first-order valence-corrected chi connectivity index (χ1v) is 10.1. The number of pyridine rings is 1. The second-order valence-corrected chi connectivity index (χ2v) is 7.45. The van der Waals surface area contributed by atoms with Gasteiger partial charge in [-0.3, -0.25) is 4.72 Å². The van der Waals surface area contributed by atoms with Gasteiger partial charge in [0.25, 0.3) is 10.0 Å². The SMILES string of the molecule is CCOc1ccccc1Nc1ccc(NS(=O)(=O)c2ccc(OC)cc2)cn1. The summed E-state index contributed by atoms with van der Waals surface area (Å²) in [6.45, 7) is 2.47. The van der Waals surface area contributed by atoms with E-state index in [4.69, 9.17) is 9.47 Å². The van der Waals surface area contributed by atoms with Gasteiger partial charge in [-0.2, -0.15) is 0 Å². The fraction of sp³-hybridized carbons (Fsp3) is 0.150. The van der Waals surface area contributed by atoms with Gasteiger partial charge in [0.05, 0.1) is 36.2 Å². The van der Waals surface area contributed by atoms with E-state index in [1.54, 1.807) is 24.3 Å². The number of aromatic nitrogens is 1. The van der Waals surface area contributed by atoms with Crippen LogP contribution in [0.25, 0.3) is 0 Å². The Morgan fingerprint density at radius 1 is 1.00 bits per heavy atom. The third-order valence-electron chi connectivity index (χ3n) is 3.84. The van der Waals surface area contributed by atoms with Crippen molar-refractivity contribution >= 4 is 27.2 Å². The minimum absolute atomic E-state index is 0.140. The molecule has 0 saturated heterocycles. The third-order valence-corrected chi connectivity index (χ3v) is 5.23. The molecule has 0 spiro atoms. The van der Waals surface area contributed by atoms with Gasteiger partial charge in [-0.25, -0.2) is 13.4 Å². The van der Waals surface area contributed by atoms with E-state index in [0.717, 1.165) is 11.4 Å². The van der Waals surface area contributed by atoms with Crippen LogP contribution < -0.4 is 19.5 Å². The van der Waals surface area contributed by atoms with Crippen molar-refractivity contribution in [3.05, 3.63) is 66.9 Å². The van der Waals surface area contributed by atoms with Gasteiger partial charge in [-0.1, -0.05) is 12.1 Å². The van der Waals surface area contributed by atoms with Crippen LogP contribution in [-0.4, -0.2) is 27.1 Å². The van der Waals surface area contributed by atoms with Crippen molar-refractivity contribution in [1.82, 2.24) is 4.98 Å². The molecule has 0 amide bonds. The quantitative estimate of drug-likeness (QED) is 0.594. The Labute approximate surface area is 164 Å². The molecule has 8 heteroatoms. The summed E-state index contributed by atoms with van der Waals surface area (Å²) in [5.74, 6) is 1.87. The highest BCUT2D eigenvalue weighted by Crippen LogP contribution is 2.27. The fourth-order valence-corrected chi connectivity index (χ4v) is 3.53. The summed E-state index contributed by atoms with van der Waals surface area (Å²) >= 11 is 0. The zero-order valence-electron chi connectivity index (χ0n) is 15.5. The topological polar surface area (TPSA) is 89.6 Å². The molecule has 0 unspecified atom stereocenters. The van der Waals surface area contributed by atoms with Gasteiger partial charge >= 0.3 is 0 Å². The predicted octanol–water partition coefficient (Wildman–Crippen LogP) is 4.03. The van der Waals surface area contributed by atoms with Crippen molar-refractivity contribution < 1.29 is 17.9 Å². The number of ether oxygens (including phenoxy) is 2. The maximum absolute atomic E-state index is 12.5. The Hall–Kier alpha value is -3.26. The van der Waals surface area contributed by atoms with E-state index in [2.05, 4.69) is 15.0 Å². The van der Waals surface area contributed by atoms with E-state index in [0.29, 0.717) is 23.9 Å². The number of nitrogens with zero attached hydrogens (tertiary/aromatic N) is 1. The third kappa shape index (κ3) is 4.72. The van der Waals surface area contributed by atoms with Crippen molar-refractivity contribution in [2.45, 2.75) is 11.8 Å². The average molecular weight is 399 g/mol. The number of para-hydroxylation sites is 2. The molecule has 0 fully saturated rings. The molecule has 1 heterocycles. The molecule has 0 saturated carbocycles. The monoisotopic (exact) mass is 399 g/mol. The van der Waals surface area contributed by atoms with E-state index < -0.39 is 10.0 Å². The van der Waals surface area contributed by atoms with Gasteiger partial charge in [0, 0.05) is 0 Å². The molecule has 0 bridgehead atoms. The fourth-order valence-electron chi connectivity index (χ4n) is 2.49. The summed E-state index contributed by atoms with van der Waals surface area (Å²) in [4.78, 5) is 4.41. The molecule has 2 aromatic carbocycles. The standard InChI is InChI=1S/C20H21N3O4S/c1-3-27-19-7-5-4-6-18(19)22-20-13-8-15(14-21-20)23-28(24,25)17-11-9-16(26-2)10-12-17/h4-14,23H,3H2,1-2H3,(H,21,22). The van der Waals surface area contributed by atoms with Crippen molar-refractivity contribution in [3.8, 4) is 11.5 Å². The van der Waals surface area contributed by atoms with Crippen molar-refractivity contribution in [3.63, 3.8) is 0 Å². The second-order valence-electron chi connectivity index (χ2n) is 5.77. The Morgan fingerprint density at radius 2 is 1.75 bits per heavy atom. The minimum Gasteiger partial charge on any atom is -0.497 e. The lowest BCUT2D eigenvalue weighted by molar-refractivity contribution is 0.342. The molecular formula is C20H21N3O4S. The summed E-state index contributed by atoms with van der Waals surface area (Å²) < 4.78 is 38.1. The maximum atomic E-state index is 12.5. The Kier molecular flexibility index (Phi) is 6.00. The summed E-state index contributed by atoms with van der Waals surface area (Å²) in [5, 5.41) is 3.16. The summed E-state index contributed by atoms with van der Waals surface area (Å²) in [6.07, 6.45) is 1.45. The summed E-state index contributed by atoms with van der Waals surface area (Å²) in [7, 11) is -2.19. The van der Waals surface area contributed by atoms with Gasteiger partial charge in [-0.15, -0.1) is 0 Å². The number of hydrogen-bond donors (Lipinski definition) is 2. The van der Waals surface area contributed by atoms with Crippen molar-refractivity contribution in [1.29, 1.82) is 0 Å². The molecule has 2 N–H and O–H groups in total. The Morgan fingerprint density at radius 3 is 2.39 bits per heavy atom. The zero-order chi connectivity index (χ0) is 20.0. The first kappa shape index (κ1) is 19.5. The van der Waals surface area contributed by atoms with Gasteiger partial charge < -0.3 is 14.8 Å². The molecule has 1 aromatic heterocycles. The van der Waals surface area contributed by atoms with E-state index >= 15 is 0 Å². The number of anilines is 3. The van der Waals surface area contributed by atoms with Crippen LogP contribution in [0.1, 0.15) is 6.92 Å². The van der Waals surface area contributed by atoms with Gasteiger partial charge in [0.1, 0.15) is 17.3 Å². The van der Waals surface area contributed by atoms with Crippen LogP contribution in [0.15, 0.2) is 71.8 Å². The Bertz CT molecular complexity index is 1020. The molecule has 0 radical (unpaired) electrons. The number of methoxy groups -OCH3 is 1. The first-order chi connectivity index (χ1) is 13.5. The molecule has 0 atom stereocenters. The van der Waals surface area contributed by atoms with Crippen LogP contribution in [0.3, 0.4) is 0 Å². The van der Waals surface area contributed by atoms with Crippen molar-refractivity contribution in [2.24, 2.45) is 0 Å². The average Bonchev–Trinajstić information content (AvgIpc) is 2.71. The van der Waals surface area contributed by atoms with Crippen LogP contribution in [0.4, 0.5) is 17.2 Å². The highest BCUT2D eigenvalue weighted by atomic mass is 32.2. The van der Waals surface area contributed by atoms with Gasteiger partial charge in [0.2, 0.25) is 0 Å². The molecule has 0 aliphatic carbocycles. The van der Waals surface area contributed by atoms with Crippen LogP contribution in [0.5, 0.6) is 11.5 Å². The smallest absolute Gasteiger partial charge is 0.261 e. The Balaban J connectivity index is 1.72. The second kappa shape index (κ2) is 8.62. The van der Waals surface area contributed by atoms with Crippen LogP contribution in [-0.2, 0) is 10.0 Å². The highest BCUT2D eigenvalue weighted by molar-refractivity contribution is 7.92. The maximum Gasteiger partial charge on any atom is 0.261 e. The molecule has 28 heavy (non-hydrogen) atoms. The molecule has 7 nitrogen and oxygen atoms in total. The predicted molar refractivity (Wildman–Crippen MR) is 109 cm³/mol. The van der Waals surface area contributed by atoms with E-state index in [-0.39, 0.29) is 4.90 Å². The number of rotatable bonds is 8. The van der Waals surface area contributed by atoms with Crippen LogP contribution in [0.2, 0.25) is 0 Å². The molecule has 0 aliphatic rings. The van der Waals surface area contributed by atoms with Crippen molar-refractivity contribution in [2.75, 3.05) is 23.8 Å². The van der Waals surface area contributed by atoms with Gasteiger partial charge in [-0.05, 0) is 55.5 Å². The minimum atomic E-state index is -3.71. The summed E-state index contributed by atoms with van der Waals surface area (Å²) in [6, 6.07) is 17.0. The highest BCUT2D eigenvalue weighted by Gasteiger charge is 2.14. The number of benzene rings is 2. The molecule has 146 valence electrons.